The molecule has 0 unspecified atom stereocenters. The molecule has 0 aliphatic heterocycles. The van der Waals surface area contributed by atoms with E-state index in [0.717, 1.165) is 16.1 Å². The molecule has 0 saturated carbocycles. The lowest BCUT2D eigenvalue weighted by Crippen LogP contribution is -2.51. The van der Waals surface area contributed by atoms with Gasteiger partial charge in [0.25, 0.3) is 0 Å². The molecule has 0 heterocycles. The number of hydrogen-bond acceptors (Lipinski definition) is 5. The van der Waals surface area contributed by atoms with Gasteiger partial charge in [0.15, 0.2) is 0 Å². The number of carbonyl (C=O) groups is 2. The number of nitrogens with one attached hydrogen (secondary N) is 1. The van der Waals surface area contributed by atoms with Gasteiger partial charge >= 0.3 is 0 Å². The van der Waals surface area contributed by atoms with Crippen molar-refractivity contribution in [3.05, 3.63) is 59.4 Å². The van der Waals surface area contributed by atoms with E-state index in [1.807, 2.05) is 0 Å². The first kappa shape index (κ1) is 26.1. The SMILES string of the molecule is CCNC(=O)[C@H](C)N(Cc1ccc(F)cc1)C(=O)CN(c1cc(C)ccc1OC)S(C)(=O)=O. The fraction of sp³-hybridized carbons (Fsp3) is 0.391. The molecule has 1 N–H and O–H groups in total. The molecule has 2 amide bonds. The first-order valence-electron chi connectivity index (χ1n) is 10.4. The second-order valence-corrected chi connectivity index (χ2v) is 9.57. The molecule has 180 valence electrons. The highest BCUT2D eigenvalue weighted by Crippen LogP contribution is 2.31. The highest BCUT2D eigenvalue weighted by Gasteiger charge is 2.31. The van der Waals surface area contributed by atoms with E-state index in [1.165, 1.54) is 36.3 Å². The van der Waals surface area contributed by atoms with E-state index in [0.29, 0.717) is 17.9 Å². The molecule has 0 radical (unpaired) electrons. The number of benzene rings is 2. The Kier molecular flexibility index (Phi) is 8.81. The number of hydrogen-bond donors (Lipinski definition) is 1. The molecule has 0 aliphatic carbocycles. The van der Waals surface area contributed by atoms with Crippen LogP contribution in [0.5, 0.6) is 5.75 Å². The molecular weight excluding hydrogens is 449 g/mol. The van der Waals surface area contributed by atoms with Crippen LogP contribution in [0.3, 0.4) is 0 Å². The van der Waals surface area contributed by atoms with E-state index in [9.17, 15) is 22.4 Å². The van der Waals surface area contributed by atoms with Crippen LogP contribution in [0, 0.1) is 12.7 Å². The lowest BCUT2D eigenvalue weighted by atomic mass is 10.1. The van der Waals surface area contributed by atoms with Gasteiger partial charge in [0.2, 0.25) is 21.8 Å². The zero-order chi connectivity index (χ0) is 24.8. The largest absolute Gasteiger partial charge is 0.495 e. The molecule has 1 atom stereocenters. The number of methoxy groups -OCH3 is 1. The van der Waals surface area contributed by atoms with Crippen molar-refractivity contribution >= 4 is 27.5 Å². The minimum atomic E-state index is -3.87. The third kappa shape index (κ3) is 6.92. The van der Waals surface area contributed by atoms with Gasteiger partial charge in [0.1, 0.15) is 24.2 Å². The Hall–Kier alpha value is -3.14. The average Bonchev–Trinajstić information content (AvgIpc) is 2.75. The standard InChI is InChI=1S/C23H30FN3O5S/c1-6-25-23(29)17(3)26(14-18-8-10-19(24)11-9-18)22(28)15-27(33(5,30)31)20-13-16(2)7-12-21(20)32-4/h7-13,17H,6,14-15H2,1-5H3,(H,25,29)/t17-/m0/s1. The van der Waals surface area contributed by atoms with Crippen LogP contribution in [0.1, 0.15) is 25.0 Å². The van der Waals surface area contributed by atoms with Gasteiger partial charge in [0.05, 0.1) is 19.1 Å². The Morgan fingerprint density at radius 1 is 1.15 bits per heavy atom. The van der Waals surface area contributed by atoms with Gasteiger partial charge in [-0.3, -0.25) is 13.9 Å². The van der Waals surface area contributed by atoms with Crippen LogP contribution < -0.4 is 14.4 Å². The Labute approximate surface area is 194 Å². The maximum absolute atomic E-state index is 13.4. The van der Waals surface area contributed by atoms with Crippen molar-refractivity contribution in [2.45, 2.75) is 33.4 Å². The molecule has 2 aromatic carbocycles. The summed E-state index contributed by atoms with van der Waals surface area (Å²) in [5, 5.41) is 2.67. The monoisotopic (exact) mass is 479 g/mol. The molecule has 10 heteroatoms. The van der Waals surface area contributed by atoms with Crippen molar-refractivity contribution in [2.75, 3.05) is 30.8 Å². The summed E-state index contributed by atoms with van der Waals surface area (Å²) in [7, 11) is -2.46. The van der Waals surface area contributed by atoms with Crippen molar-refractivity contribution < 1.29 is 27.1 Å². The highest BCUT2D eigenvalue weighted by molar-refractivity contribution is 7.92. The predicted molar refractivity (Wildman–Crippen MR) is 125 cm³/mol. The van der Waals surface area contributed by atoms with Gasteiger partial charge in [-0.25, -0.2) is 12.8 Å². The van der Waals surface area contributed by atoms with Crippen molar-refractivity contribution in [3.63, 3.8) is 0 Å². The van der Waals surface area contributed by atoms with Crippen LogP contribution >= 0.6 is 0 Å². The number of aryl methyl sites for hydroxylation is 1. The number of halogens is 1. The smallest absolute Gasteiger partial charge is 0.244 e. The zero-order valence-corrected chi connectivity index (χ0v) is 20.3. The molecule has 2 aromatic rings. The van der Waals surface area contributed by atoms with Crippen molar-refractivity contribution in [3.8, 4) is 5.75 Å². The molecule has 0 aliphatic rings. The summed E-state index contributed by atoms with van der Waals surface area (Å²) in [6.45, 7) is 4.95. The predicted octanol–water partition coefficient (Wildman–Crippen LogP) is 2.46. The van der Waals surface area contributed by atoms with Gasteiger partial charge in [-0.15, -0.1) is 0 Å². The van der Waals surface area contributed by atoms with E-state index >= 15 is 0 Å². The molecule has 0 spiro atoms. The Morgan fingerprint density at radius 3 is 2.33 bits per heavy atom. The van der Waals surface area contributed by atoms with Gasteiger partial charge in [-0.2, -0.15) is 0 Å². The fourth-order valence-electron chi connectivity index (χ4n) is 3.28. The summed E-state index contributed by atoms with van der Waals surface area (Å²) in [6, 6.07) is 9.66. The van der Waals surface area contributed by atoms with Crippen molar-refractivity contribution in [1.29, 1.82) is 0 Å². The number of sulfonamides is 1. The summed E-state index contributed by atoms with van der Waals surface area (Å²) < 4.78 is 44.9. The number of ether oxygens (including phenoxy) is 1. The molecule has 2 rings (SSSR count). The number of anilines is 1. The Morgan fingerprint density at radius 2 is 1.79 bits per heavy atom. The van der Waals surface area contributed by atoms with Gasteiger partial charge in [0, 0.05) is 13.1 Å². The highest BCUT2D eigenvalue weighted by atomic mass is 32.2. The molecular formula is C23H30FN3O5S. The van der Waals surface area contributed by atoms with Crippen molar-refractivity contribution in [1.82, 2.24) is 10.2 Å². The lowest BCUT2D eigenvalue weighted by molar-refractivity contribution is -0.139. The molecule has 0 aromatic heterocycles. The van der Waals surface area contributed by atoms with Crippen molar-refractivity contribution in [2.24, 2.45) is 0 Å². The maximum atomic E-state index is 13.4. The number of carbonyl (C=O) groups excluding carboxylic acids is 2. The third-order valence-electron chi connectivity index (χ3n) is 5.07. The van der Waals surface area contributed by atoms with E-state index in [-0.39, 0.29) is 18.1 Å². The van der Waals surface area contributed by atoms with Crippen LogP contribution in [-0.2, 0) is 26.2 Å². The Bertz CT molecular complexity index is 1090. The summed E-state index contributed by atoms with van der Waals surface area (Å²) >= 11 is 0. The third-order valence-corrected chi connectivity index (χ3v) is 6.19. The number of rotatable bonds is 10. The second-order valence-electron chi connectivity index (χ2n) is 7.66. The summed E-state index contributed by atoms with van der Waals surface area (Å²) in [5.41, 5.74) is 1.60. The van der Waals surface area contributed by atoms with Gasteiger partial charge in [-0.05, 0) is 56.2 Å². The molecule has 0 bridgehead atoms. The van der Waals surface area contributed by atoms with Crippen LogP contribution in [0.15, 0.2) is 42.5 Å². The lowest BCUT2D eigenvalue weighted by Gasteiger charge is -2.31. The first-order valence-corrected chi connectivity index (χ1v) is 12.3. The van der Waals surface area contributed by atoms with E-state index in [4.69, 9.17) is 4.74 Å². The van der Waals surface area contributed by atoms with E-state index in [1.54, 1.807) is 39.0 Å². The number of likely N-dealkylation sites (N-methyl/N-ethyl adjacent to an activating group) is 1. The topological polar surface area (TPSA) is 96.0 Å². The molecule has 0 fully saturated rings. The molecule has 0 saturated heterocycles. The van der Waals surface area contributed by atoms with Gasteiger partial charge < -0.3 is 15.0 Å². The molecule has 8 nitrogen and oxygen atoms in total. The second kappa shape index (κ2) is 11.1. The normalized spacial score (nSPS) is 12.1. The average molecular weight is 480 g/mol. The quantitative estimate of drug-likeness (QED) is 0.565. The summed E-state index contributed by atoms with van der Waals surface area (Å²) in [4.78, 5) is 27.2. The first-order chi connectivity index (χ1) is 15.5. The molecule has 33 heavy (non-hydrogen) atoms. The maximum Gasteiger partial charge on any atom is 0.244 e. The van der Waals surface area contributed by atoms with Gasteiger partial charge in [-0.1, -0.05) is 18.2 Å². The number of amides is 2. The summed E-state index contributed by atoms with van der Waals surface area (Å²) in [6.07, 6.45) is 1.000. The Balaban J connectivity index is 2.44. The minimum Gasteiger partial charge on any atom is -0.495 e. The van der Waals surface area contributed by atoms with Crippen LogP contribution in [0.2, 0.25) is 0 Å². The fourth-order valence-corrected chi connectivity index (χ4v) is 4.13. The van der Waals surface area contributed by atoms with Crippen LogP contribution in [0.25, 0.3) is 0 Å². The summed E-state index contributed by atoms with van der Waals surface area (Å²) in [5.74, 6) is -1.11. The van der Waals surface area contributed by atoms with Crippen LogP contribution in [-0.4, -0.2) is 57.6 Å². The van der Waals surface area contributed by atoms with E-state index in [2.05, 4.69) is 5.32 Å². The van der Waals surface area contributed by atoms with Crippen LogP contribution in [0.4, 0.5) is 10.1 Å². The minimum absolute atomic E-state index is 0.0000312. The van der Waals surface area contributed by atoms with E-state index < -0.39 is 34.3 Å². The zero-order valence-electron chi connectivity index (χ0n) is 19.5. The number of nitrogens with zero attached hydrogens (tertiary/aromatic N) is 2.